The van der Waals surface area contributed by atoms with Gasteiger partial charge in [-0.1, -0.05) is 37.3 Å². The number of para-hydroxylation sites is 1. The van der Waals surface area contributed by atoms with Crippen molar-refractivity contribution in [1.82, 2.24) is 9.88 Å². The number of anilines is 1. The number of carbonyl (C=O) groups is 1. The summed E-state index contributed by atoms with van der Waals surface area (Å²) in [4.78, 5) is 22.5. The van der Waals surface area contributed by atoms with Crippen molar-refractivity contribution >= 4 is 32.6 Å². The Morgan fingerprint density at radius 1 is 1.07 bits per heavy atom. The van der Waals surface area contributed by atoms with Gasteiger partial charge in [0.2, 0.25) is 0 Å². The van der Waals surface area contributed by atoms with Gasteiger partial charge in [0.05, 0.1) is 10.2 Å². The largest absolute Gasteiger partial charge is 0.486 e. The predicted octanol–water partition coefficient (Wildman–Crippen LogP) is 4.36. The molecule has 1 aliphatic rings. The second-order valence-electron chi connectivity index (χ2n) is 7.26. The Morgan fingerprint density at radius 3 is 2.57 bits per heavy atom. The number of hydrogen-bond acceptors (Lipinski definition) is 6. The SMILES string of the molecule is CCN(CC)CCN(C(=O)c1ccc2c(c1)OCCO2)c1nc2c(C)cccc2s1. The number of ether oxygens (including phenoxy) is 2. The zero-order valence-electron chi connectivity index (χ0n) is 17.7. The fourth-order valence-corrected chi connectivity index (χ4v) is 4.66. The average Bonchev–Trinajstić information content (AvgIpc) is 3.21. The van der Waals surface area contributed by atoms with Crippen molar-refractivity contribution in [3.63, 3.8) is 0 Å². The molecule has 1 aliphatic heterocycles. The topological polar surface area (TPSA) is 54.9 Å². The summed E-state index contributed by atoms with van der Waals surface area (Å²) < 4.78 is 12.4. The Morgan fingerprint density at radius 2 is 1.83 bits per heavy atom. The lowest BCUT2D eigenvalue weighted by Gasteiger charge is -2.25. The molecule has 4 rings (SSSR count). The Hall–Kier alpha value is -2.64. The van der Waals surface area contributed by atoms with Crippen LogP contribution in [0.25, 0.3) is 10.2 Å². The van der Waals surface area contributed by atoms with E-state index in [0.29, 0.717) is 36.8 Å². The molecule has 0 radical (unpaired) electrons. The van der Waals surface area contributed by atoms with E-state index in [1.807, 2.05) is 12.1 Å². The maximum atomic E-state index is 13.6. The minimum Gasteiger partial charge on any atom is -0.486 e. The summed E-state index contributed by atoms with van der Waals surface area (Å²) >= 11 is 1.56. The van der Waals surface area contributed by atoms with E-state index in [9.17, 15) is 4.79 Å². The van der Waals surface area contributed by atoms with Gasteiger partial charge in [0.1, 0.15) is 13.2 Å². The van der Waals surface area contributed by atoms with E-state index in [-0.39, 0.29) is 5.91 Å². The third-order valence-corrected chi connectivity index (χ3v) is 6.45. The number of likely N-dealkylation sites (N-methyl/N-ethyl adjacent to an activating group) is 1. The fraction of sp³-hybridized carbons (Fsp3) is 0.391. The monoisotopic (exact) mass is 425 g/mol. The second kappa shape index (κ2) is 9.02. The van der Waals surface area contributed by atoms with E-state index in [4.69, 9.17) is 14.5 Å². The van der Waals surface area contributed by atoms with Crippen molar-refractivity contribution in [2.75, 3.05) is 44.3 Å². The first-order valence-corrected chi connectivity index (χ1v) is 11.2. The zero-order chi connectivity index (χ0) is 21.1. The number of thiazole rings is 1. The van der Waals surface area contributed by atoms with Gasteiger partial charge in [0.25, 0.3) is 5.91 Å². The number of aryl methyl sites for hydroxylation is 1. The van der Waals surface area contributed by atoms with Crippen LogP contribution in [0.4, 0.5) is 5.13 Å². The van der Waals surface area contributed by atoms with Crippen LogP contribution in [0.15, 0.2) is 36.4 Å². The number of carbonyl (C=O) groups excluding carboxylic acids is 1. The lowest BCUT2D eigenvalue weighted by atomic mass is 10.1. The predicted molar refractivity (Wildman–Crippen MR) is 121 cm³/mol. The van der Waals surface area contributed by atoms with Crippen LogP contribution >= 0.6 is 11.3 Å². The molecule has 0 spiro atoms. The molecule has 1 amide bonds. The molecule has 0 bridgehead atoms. The molecular formula is C23H27N3O3S. The minimum absolute atomic E-state index is 0.0733. The first-order valence-electron chi connectivity index (χ1n) is 10.4. The Kier molecular flexibility index (Phi) is 6.20. The van der Waals surface area contributed by atoms with Crippen LogP contribution in [0.1, 0.15) is 29.8 Å². The van der Waals surface area contributed by atoms with Gasteiger partial charge in [-0.15, -0.1) is 0 Å². The van der Waals surface area contributed by atoms with Crippen LogP contribution in [-0.4, -0.2) is 55.2 Å². The molecular weight excluding hydrogens is 398 g/mol. The van der Waals surface area contributed by atoms with E-state index in [0.717, 1.165) is 40.5 Å². The first-order chi connectivity index (χ1) is 14.6. The normalized spacial score (nSPS) is 13.1. The van der Waals surface area contributed by atoms with Gasteiger partial charge in [-0.3, -0.25) is 9.69 Å². The molecule has 0 fully saturated rings. The third kappa shape index (κ3) is 4.13. The van der Waals surface area contributed by atoms with E-state index in [2.05, 4.69) is 37.8 Å². The number of benzene rings is 2. The van der Waals surface area contributed by atoms with Gasteiger partial charge in [-0.05, 0) is 49.8 Å². The molecule has 0 atom stereocenters. The van der Waals surface area contributed by atoms with Crippen LogP contribution in [0.5, 0.6) is 11.5 Å². The van der Waals surface area contributed by atoms with Gasteiger partial charge < -0.3 is 14.4 Å². The summed E-state index contributed by atoms with van der Waals surface area (Å²) in [6, 6.07) is 11.5. The van der Waals surface area contributed by atoms with Crippen molar-refractivity contribution in [1.29, 1.82) is 0 Å². The maximum Gasteiger partial charge on any atom is 0.260 e. The quantitative estimate of drug-likeness (QED) is 0.563. The number of rotatable bonds is 7. The highest BCUT2D eigenvalue weighted by molar-refractivity contribution is 7.22. The lowest BCUT2D eigenvalue weighted by Crippen LogP contribution is -2.39. The Labute approximate surface area is 181 Å². The lowest BCUT2D eigenvalue weighted by molar-refractivity contribution is 0.0982. The molecule has 158 valence electrons. The van der Waals surface area contributed by atoms with Gasteiger partial charge in [0, 0.05) is 18.7 Å². The highest BCUT2D eigenvalue weighted by Crippen LogP contribution is 2.34. The van der Waals surface area contributed by atoms with Crippen molar-refractivity contribution in [2.45, 2.75) is 20.8 Å². The average molecular weight is 426 g/mol. The van der Waals surface area contributed by atoms with Gasteiger partial charge >= 0.3 is 0 Å². The number of fused-ring (bicyclic) bond motifs is 2. The van der Waals surface area contributed by atoms with Crippen molar-refractivity contribution in [3.8, 4) is 11.5 Å². The van der Waals surface area contributed by atoms with Crippen LogP contribution < -0.4 is 14.4 Å². The fourth-order valence-electron chi connectivity index (χ4n) is 3.59. The maximum absolute atomic E-state index is 13.6. The van der Waals surface area contributed by atoms with Crippen LogP contribution in [-0.2, 0) is 0 Å². The molecule has 0 unspecified atom stereocenters. The summed E-state index contributed by atoms with van der Waals surface area (Å²) in [6.07, 6.45) is 0. The smallest absolute Gasteiger partial charge is 0.260 e. The molecule has 7 heteroatoms. The van der Waals surface area contributed by atoms with Gasteiger partial charge in [-0.2, -0.15) is 0 Å². The molecule has 0 N–H and O–H groups in total. The van der Waals surface area contributed by atoms with Crippen LogP contribution in [0.3, 0.4) is 0 Å². The molecule has 6 nitrogen and oxygen atoms in total. The summed E-state index contributed by atoms with van der Waals surface area (Å²) in [7, 11) is 0. The van der Waals surface area contributed by atoms with E-state index >= 15 is 0 Å². The molecule has 0 saturated heterocycles. The zero-order valence-corrected chi connectivity index (χ0v) is 18.5. The number of hydrogen-bond donors (Lipinski definition) is 0. The third-order valence-electron chi connectivity index (χ3n) is 5.41. The second-order valence-corrected chi connectivity index (χ2v) is 8.27. The molecule has 2 aromatic carbocycles. The minimum atomic E-state index is -0.0733. The van der Waals surface area contributed by atoms with Gasteiger partial charge in [-0.25, -0.2) is 4.98 Å². The molecule has 0 saturated carbocycles. The summed E-state index contributed by atoms with van der Waals surface area (Å²) in [5, 5.41) is 0.728. The summed E-state index contributed by atoms with van der Waals surface area (Å²) in [5.41, 5.74) is 2.65. The molecule has 30 heavy (non-hydrogen) atoms. The summed E-state index contributed by atoms with van der Waals surface area (Å²) in [5.74, 6) is 1.23. The van der Waals surface area contributed by atoms with Crippen molar-refractivity contribution in [3.05, 3.63) is 47.5 Å². The summed E-state index contributed by atoms with van der Waals surface area (Å²) in [6.45, 7) is 10.6. The van der Waals surface area contributed by atoms with Gasteiger partial charge in [0.15, 0.2) is 16.6 Å². The number of amides is 1. The van der Waals surface area contributed by atoms with Crippen LogP contribution in [0.2, 0.25) is 0 Å². The Bertz CT molecular complexity index is 1050. The molecule has 1 aromatic heterocycles. The van der Waals surface area contributed by atoms with E-state index in [1.165, 1.54) is 0 Å². The number of aromatic nitrogens is 1. The molecule has 0 aliphatic carbocycles. The number of nitrogens with zero attached hydrogens (tertiary/aromatic N) is 3. The first kappa shape index (κ1) is 20.6. The van der Waals surface area contributed by atoms with Crippen LogP contribution in [0, 0.1) is 6.92 Å². The highest BCUT2D eigenvalue weighted by atomic mass is 32.1. The van der Waals surface area contributed by atoms with Crippen molar-refractivity contribution < 1.29 is 14.3 Å². The standard InChI is InChI=1S/C23H27N3O3S/c1-4-25(5-2)11-12-26(23-24-21-16(3)7-6-8-20(21)30-23)22(27)17-9-10-18-19(15-17)29-14-13-28-18/h6-10,15H,4-5,11-14H2,1-3H3. The van der Waals surface area contributed by atoms with Crippen molar-refractivity contribution in [2.24, 2.45) is 0 Å². The van der Waals surface area contributed by atoms with E-state index < -0.39 is 0 Å². The molecule has 2 heterocycles. The Balaban J connectivity index is 1.68. The highest BCUT2D eigenvalue weighted by Gasteiger charge is 2.24. The van der Waals surface area contributed by atoms with E-state index in [1.54, 1.807) is 28.4 Å². The molecule has 3 aromatic rings.